The van der Waals surface area contributed by atoms with E-state index in [4.69, 9.17) is 16.3 Å². The first-order valence-electron chi connectivity index (χ1n) is 8.55. The first-order chi connectivity index (χ1) is 12.6. The fourth-order valence-electron chi connectivity index (χ4n) is 2.44. The van der Waals surface area contributed by atoms with Gasteiger partial charge in [0, 0.05) is 16.1 Å². The Morgan fingerprint density at radius 3 is 2.65 bits per heavy atom. The van der Waals surface area contributed by atoms with Crippen molar-refractivity contribution < 1.29 is 9.53 Å². The van der Waals surface area contributed by atoms with Crippen LogP contribution in [0.4, 0.5) is 0 Å². The van der Waals surface area contributed by atoms with Gasteiger partial charge in [0.05, 0.1) is 6.61 Å². The summed E-state index contributed by atoms with van der Waals surface area (Å²) in [6.45, 7) is 4.56. The van der Waals surface area contributed by atoms with Gasteiger partial charge in [0.1, 0.15) is 0 Å². The molecule has 3 rings (SSSR count). The van der Waals surface area contributed by atoms with Gasteiger partial charge in [-0.2, -0.15) is 9.67 Å². The predicted octanol–water partition coefficient (Wildman–Crippen LogP) is 4.77. The van der Waals surface area contributed by atoms with E-state index in [1.54, 1.807) is 24.3 Å². The second-order valence-corrected chi connectivity index (χ2v) is 6.45. The Morgan fingerprint density at radius 1 is 1.19 bits per heavy atom. The summed E-state index contributed by atoms with van der Waals surface area (Å²) in [6.07, 6.45) is 1.90. The molecule has 0 radical (unpaired) electrons. The maximum Gasteiger partial charge on any atom is 0.336 e. The topological polar surface area (TPSA) is 57.0 Å². The molecule has 0 amide bonds. The largest absolute Gasteiger partial charge is 0.462 e. The number of aryl methyl sites for hydroxylation is 1. The number of hydrogen-bond donors (Lipinski definition) is 0. The van der Waals surface area contributed by atoms with E-state index in [-0.39, 0.29) is 11.9 Å². The van der Waals surface area contributed by atoms with E-state index < -0.39 is 0 Å². The van der Waals surface area contributed by atoms with Crippen LogP contribution in [-0.2, 0) is 0 Å². The van der Waals surface area contributed by atoms with Gasteiger partial charge >= 0.3 is 6.01 Å². The monoisotopic (exact) mass is 369 g/mol. The van der Waals surface area contributed by atoms with Crippen molar-refractivity contribution in [3.63, 3.8) is 0 Å². The van der Waals surface area contributed by atoms with Crippen LogP contribution in [0.3, 0.4) is 0 Å². The van der Waals surface area contributed by atoms with Crippen molar-refractivity contribution >= 4 is 17.5 Å². The summed E-state index contributed by atoms with van der Waals surface area (Å²) >= 11 is 6.10. The molecule has 0 aliphatic heterocycles. The molecule has 1 aromatic heterocycles. The molecular formula is C20H20ClN3O2. The summed E-state index contributed by atoms with van der Waals surface area (Å²) in [5, 5.41) is 4.84. The Morgan fingerprint density at radius 2 is 1.96 bits per heavy atom. The zero-order chi connectivity index (χ0) is 18.5. The van der Waals surface area contributed by atoms with E-state index in [1.165, 1.54) is 4.68 Å². The Labute approximate surface area is 157 Å². The number of aromatic nitrogens is 3. The van der Waals surface area contributed by atoms with Gasteiger partial charge in [-0.05, 0) is 37.6 Å². The first kappa shape index (κ1) is 18.1. The lowest BCUT2D eigenvalue weighted by Gasteiger charge is -2.05. The first-order valence-corrected chi connectivity index (χ1v) is 8.93. The highest BCUT2D eigenvalue weighted by Crippen LogP contribution is 2.24. The molecule has 0 atom stereocenters. The van der Waals surface area contributed by atoms with E-state index in [9.17, 15) is 4.79 Å². The molecule has 0 bridgehead atoms. The van der Waals surface area contributed by atoms with Crippen LogP contribution in [0.1, 0.15) is 35.7 Å². The van der Waals surface area contributed by atoms with Crippen molar-refractivity contribution in [3.05, 3.63) is 64.7 Å². The fraction of sp³-hybridized carbons (Fsp3) is 0.250. The van der Waals surface area contributed by atoms with Crippen LogP contribution in [0.2, 0.25) is 5.02 Å². The highest BCUT2D eigenvalue weighted by atomic mass is 35.5. The minimum atomic E-state index is -0.266. The molecule has 0 saturated carbocycles. The molecule has 0 saturated heterocycles. The van der Waals surface area contributed by atoms with Crippen molar-refractivity contribution in [3.8, 4) is 17.4 Å². The van der Waals surface area contributed by atoms with Gasteiger partial charge in [-0.25, -0.2) is 0 Å². The van der Waals surface area contributed by atoms with E-state index in [0.717, 1.165) is 18.4 Å². The van der Waals surface area contributed by atoms with Gasteiger partial charge in [-0.3, -0.25) is 4.79 Å². The van der Waals surface area contributed by atoms with Crippen LogP contribution in [0.5, 0.6) is 6.01 Å². The quantitative estimate of drug-likeness (QED) is 0.587. The normalized spacial score (nSPS) is 10.7. The van der Waals surface area contributed by atoms with Crippen LogP contribution >= 0.6 is 11.6 Å². The summed E-state index contributed by atoms with van der Waals surface area (Å²) in [6, 6.07) is 14.7. The lowest BCUT2D eigenvalue weighted by Crippen LogP contribution is -2.15. The van der Waals surface area contributed by atoms with Crippen LogP contribution < -0.4 is 4.74 Å². The number of ether oxygens (including phenoxy) is 1. The Kier molecular flexibility index (Phi) is 5.68. The molecule has 0 N–H and O–H groups in total. The number of hydrogen-bond acceptors (Lipinski definition) is 4. The molecule has 6 heteroatoms. The summed E-state index contributed by atoms with van der Waals surface area (Å²) in [5.41, 5.74) is 2.32. The highest BCUT2D eigenvalue weighted by molar-refractivity contribution is 6.30. The highest BCUT2D eigenvalue weighted by Gasteiger charge is 2.20. The van der Waals surface area contributed by atoms with Crippen LogP contribution in [0.25, 0.3) is 11.4 Å². The van der Waals surface area contributed by atoms with E-state index in [0.29, 0.717) is 28.6 Å². The average Bonchev–Trinajstić information content (AvgIpc) is 3.06. The molecule has 0 aliphatic carbocycles. The summed E-state index contributed by atoms with van der Waals surface area (Å²) in [4.78, 5) is 17.4. The second-order valence-electron chi connectivity index (χ2n) is 6.01. The van der Waals surface area contributed by atoms with Gasteiger partial charge in [-0.15, -0.1) is 5.10 Å². The molecule has 3 aromatic rings. The smallest absolute Gasteiger partial charge is 0.336 e. The second kappa shape index (κ2) is 8.15. The molecule has 0 unspecified atom stereocenters. The molecule has 1 heterocycles. The predicted molar refractivity (Wildman–Crippen MR) is 102 cm³/mol. The van der Waals surface area contributed by atoms with Crippen LogP contribution in [0, 0.1) is 6.92 Å². The number of unbranched alkanes of at least 4 members (excludes halogenated alkanes) is 1. The SMILES string of the molecule is CCCCOc1nc(-c2cccc(Cl)c2)n(C(=O)c2ccc(C)cc2)n1. The molecule has 5 nitrogen and oxygen atoms in total. The number of rotatable bonds is 6. The Hall–Kier alpha value is -2.66. The maximum absolute atomic E-state index is 13.0. The van der Waals surface area contributed by atoms with Crippen molar-refractivity contribution in [1.29, 1.82) is 0 Å². The lowest BCUT2D eigenvalue weighted by atomic mass is 10.1. The van der Waals surface area contributed by atoms with E-state index in [1.807, 2.05) is 31.2 Å². The number of benzene rings is 2. The van der Waals surface area contributed by atoms with Gasteiger partial charge in [-0.1, -0.05) is 54.8 Å². The summed E-state index contributed by atoms with van der Waals surface area (Å²) in [7, 11) is 0. The third-order valence-electron chi connectivity index (χ3n) is 3.89. The van der Waals surface area contributed by atoms with Crippen molar-refractivity contribution in [2.75, 3.05) is 6.61 Å². The van der Waals surface area contributed by atoms with Crippen LogP contribution in [0.15, 0.2) is 48.5 Å². The molecule has 0 aliphatic rings. The zero-order valence-electron chi connectivity index (χ0n) is 14.8. The molecular weight excluding hydrogens is 350 g/mol. The van der Waals surface area contributed by atoms with Crippen molar-refractivity contribution in [1.82, 2.24) is 14.8 Å². The Bertz CT molecular complexity index is 904. The number of halogens is 1. The van der Waals surface area contributed by atoms with Crippen LogP contribution in [-0.4, -0.2) is 27.3 Å². The van der Waals surface area contributed by atoms with Crippen molar-refractivity contribution in [2.45, 2.75) is 26.7 Å². The third-order valence-corrected chi connectivity index (χ3v) is 4.13. The third kappa shape index (κ3) is 4.11. The molecule has 0 spiro atoms. The number of carbonyl (C=O) groups excluding carboxylic acids is 1. The molecule has 134 valence electrons. The zero-order valence-corrected chi connectivity index (χ0v) is 15.5. The minimum Gasteiger partial charge on any atom is -0.462 e. The van der Waals surface area contributed by atoms with Crippen molar-refractivity contribution in [2.24, 2.45) is 0 Å². The minimum absolute atomic E-state index is 0.189. The summed E-state index contributed by atoms with van der Waals surface area (Å²) < 4.78 is 6.87. The summed E-state index contributed by atoms with van der Waals surface area (Å²) in [5.74, 6) is 0.141. The maximum atomic E-state index is 13.0. The van der Waals surface area contributed by atoms with Gasteiger partial charge < -0.3 is 4.74 Å². The number of carbonyl (C=O) groups is 1. The standard InChI is InChI=1S/C20H20ClN3O2/c1-3-4-12-26-20-22-18(16-6-5-7-17(21)13-16)24(23-20)19(25)15-10-8-14(2)9-11-15/h5-11,13H,3-4,12H2,1-2H3. The van der Waals surface area contributed by atoms with Gasteiger partial charge in [0.2, 0.25) is 0 Å². The molecule has 0 fully saturated rings. The average molecular weight is 370 g/mol. The molecule has 26 heavy (non-hydrogen) atoms. The fourth-order valence-corrected chi connectivity index (χ4v) is 2.63. The van der Waals surface area contributed by atoms with E-state index >= 15 is 0 Å². The number of nitrogens with zero attached hydrogens (tertiary/aromatic N) is 3. The van der Waals surface area contributed by atoms with Gasteiger partial charge in [0.25, 0.3) is 5.91 Å². The Balaban J connectivity index is 2.01. The van der Waals surface area contributed by atoms with Gasteiger partial charge in [0.15, 0.2) is 5.82 Å². The lowest BCUT2D eigenvalue weighted by molar-refractivity contribution is 0.0944. The van der Waals surface area contributed by atoms with E-state index in [2.05, 4.69) is 17.0 Å². The molecule has 2 aromatic carbocycles.